The van der Waals surface area contributed by atoms with Crippen LogP contribution in [0.5, 0.6) is 0 Å². The molecule has 1 saturated heterocycles. The average molecular weight is 363 g/mol. The molecule has 4 heteroatoms. The Labute approximate surface area is 158 Å². The molecular formula is C22H35FN2O. The molecule has 0 aliphatic carbocycles. The maximum Gasteiger partial charge on any atom is 0.209 e. The summed E-state index contributed by atoms with van der Waals surface area (Å²) in [5.74, 6) is 0.429. The normalized spacial score (nSPS) is 18.6. The van der Waals surface area contributed by atoms with Gasteiger partial charge in [-0.05, 0) is 68.7 Å². The van der Waals surface area contributed by atoms with Crippen molar-refractivity contribution in [3.05, 3.63) is 29.6 Å². The van der Waals surface area contributed by atoms with Gasteiger partial charge in [0, 0.05) is 31.4 Å². The Bertz CT molecular complexity index is 563. The van der Waals surface area contributed by atoms with Gasteiger partial charge in [0.1, 0.15) is 5.82 Å². The third-order valence-corrected chi connectivity index (χ3v) is 5.78. The number of anilines is 1. The third-order valence-electron chi connectivity index (χ3n) is 5.78. The van der Waals surface area contributed by atoms with Crippen molar-refractivity contribution in [1.82, 2.24) is 4.90 Å². The molecule has 146 valence electrons. The molecule has 0 N–H and O–H groups in total. The number of benzene rings is 1. The molecule has 0 radical (unpaired) electrons. The predicted octanol–water partition coefficient (Wildman–Crippen LogP) is 5.17. The van der Waals surface area contributed by atoms with E-state index in [1.807, 2.05) is 17.9 Å². The highest BCUT2D eigenvalue weighted by molar-refractivity contribution is 5.53. The van der Waals surface area contributed by atoms with Crippen LogP contribution in [0.1, 0.15) is 64.4 Å². The van der Waals surface area contributed by atoms with Crippen molar-refractivity contribution < 1.29 is 9.18 Å². The summed E-state index contributed by atoms with van der Waals surface area (Å²) in [4.78, 5) is 16.0. The third kappa shape index (κ3) is 5.72. The Morgan fingerprint density at radius 1 is 1.38 bits per heavy atom. The fraction of sp³-hybridized carbons (Fsp3) is 0.682. The molecule has 1 aromatic carbocycles. The van der Waals surface area contributed by atoms with E-state index in [0.29, 0.717) is 12.0 Å². The lowest BCUT2D eigenvalue weighted by atomic mass is 9.93. The smallest absolute Gasteiger partial charge is 0.209 e. The fourth-order valence-electron chi connectivity index (χ4n) is 4.19. The number of carbonyl (C=O) groups excluding carboxylic acids is 1. The number of hydrogen-bond donors (Lipinski definition) is 0. The molecule has 2 rings (SSSR count). The Morgan fingerprint density at radius 3 is 2.85 bits per heavy atom. The van der Waals surface area contributed by atoms with E-state index in [0.717, 1.165) is 63.0 Å². The molecule has 1 heterocycles. The predicted molar refractivity (Wildman–Crippen MR) is 107 cm³/mol. The summed E-state index contributed by atoms with van der Waals surface area (Å²) in [5, 5.41) is 0. The molecule has 1 aliphatic heterocycles. The maximum absolute atomic E-state index is 13.4. The molecular weight excluding hydrogens is 327 g/mol. The van der Waals surface area contributed by atoms with Gasteiger partial charge in [0.25, 0.3) is 0 Å². The van der Waals surface area contributed by atoms with Gasteiger partial charge in [0.2, 0.25) is 6.41 Å². The van der Waals surface area contributed by atoms with Gasteiger partial charge in [-0.2, -0.15) is 0 Å². The molecule has 3 nitrogen and oxygen atoms in total. The van der Waals surface area contributed by atoms with Crippen molar-refractivity contribution in [2.24, 2.45) is 5.92 Å². The van der Waals surface area contributed by atoms with Crippen LogP contribution in [-0.2, 0) is 4.79 Å². The second-order valence-corrected chi connectivity index (χ2v) is 7.72. The standard InChI is InChI=1S/C22H35FN2O/c1-4-6-9-21(5-2)25(17-26)14-12-19-8-7-13-24(16-19)22-11-10-20(23)15-18(22)3/h10-11,15,17,19,21H,4-9,12-14,16H2,1-3H3. The number of amides is 1. The summed E-state index contributed by atoms with van der Waals surface area (Å²) in [6.45, 7) is 9.25. The second kappa shape index (κ2) is 10.5. The van der Waals surface area contributed by atoms with E-state index in [-0.39, 0.29) is 5.82 Å². The monoisotopic (exact) mass is 362 g/mol. The zero-order valence-electron chi connectivity index (χ0n) is 16.7. The van der Waals surface area contributed by atoms with E-state index in [9.17, 15) is 9.18 Å². The van der Waals surface area contributed by atoms with Crippen LogP contribution in [0.4, 0.5) is 10.1 Å². The highest BCUT2D eigenvalue weighted by atomic mass is 19.1. The van der Waals surface area contributed by atoms with Crippen LogP contribution in [0.15, 0.2) is 18.2 Å². The Hall–Kier alpha value is -1.58. The van der Waals surface area contributed by atoms with E-state index in [4.69, 9.17) is 0 Å². The van der Waals surface area contributed by atoms with Crippen LogP contribution in [-0.4, -0.2) is 37.0 Å². The number of rotatable bonds is 10. The molecule has 0 spiro atoms. The van der Waals surface area contributed by atoms with Crippen LogP contribution < -0.4 is 4.90 Å². The lowest BCUT2D eigenvalue weighted by Gasteiger charge is -2.36. The topological polar surface area (TPSA) is 23.6 Å². The number of unbranched alkanes of at least 4 members (excludes halogenated alkanes) is 1. The fourth-order valence-corrected chi connectivity index (χ4v) is 4.19. The van der Waals surface area contributed by atoms with E-state index in [1.54, 1.807) is 12.1 Å². The van der Waals surface area contributed by atoms with Crippen molar-refractivity contribution in [2.75, 3.05) is 24.5 Å². The van der Waals surface area contributed by atoms with Crippen LogP contribution in [0, 0.1) is 18.7 Å². The number of carbonyl (C=O) groups is 1. The summed E-state index contributed by atoms with van der Waals surface area (Å²) in [6, 6.07) is 5.46. The molecule has 0 bridgehead atoms. The first-order valence-corrected chi connectivity index (χ1v) is 10.3. The number of piperidine rings is 1. The minimum absolute atomic E-state index is 0.167. The van der Waals surface area contributed by atoms with Crippen LogP contribution in [0.2, 0.25) is 0 Å². The van der Waals surface area contributed by atoms with Gasteiger partial charge in [-0.1, -0.05) is 26.7 Å². The van der Waals surface area contributed by atoms with Gasteiger partial charge in [-0.15, -0.1) is 0 Å². The van der Waals surface area contributed by atoms with E-state index in [2.05, 4.69) is 18.7 Å². The van der Waals surface area contributed by atoms with E-state index < -0.39 is 0 Å². The summed E-state index contributed by atoms with van der Waals surface area (Å²) >= 11 is 0. The summed E-state index contributed by atoms with van der Waals surface area (Å²) < 4.78 is 13.4. The zero-order valence-corrected chi connectivity index (χ0v) is 16.7. The molecule has 2 atom stereocenters. The van der Waals surface area contributed by atoms with Crippen molar-refractivity contribution in [1.29, 1.82) is 0 Å². The van der Waals surface area contributed by atoms with Gasteiger partial charge < -0.3 is 9.80 Å². The molecule has 2 unspecified atom stereocenters. The minimum Gasteiger partial charge on any atom is -0.371 e. The van der Waals surface area contributed by atoms with Gasteiger partial charge in [-0.25, -0.2) is 4.39 Å². The number of nitrogens with zero attached hydrogens (tertiary/aromatic N) is 2. The lowest BCUT2D eigenvalue weighted by molar-refractivity contribution is -0.120. The maximum atomic E-state index is 13.4. The Morgan fingerprint density at radius 2 is 2.19 bits per heavy atom. The molecule has 1 amide bonds. The first-order valence-electron chi connectivity index (χ1n) is 10.3. The molecule has 1 fully saturated rings. The molecule has 1 aromatic rings. The number of hydrogen-bond acceptors (Lipinski definition) is 2. The average Bonchev–Trinajstić information content (AvgIpc) is 2.64. The Kier molecular flexibility index (Phi) is 8.40. The molecule has 0 saturated carbocycles. The SMILES string of the molecule is CCCCC(CC)N(C=O)CCC1CCCN(c2ccc(F)cc2C)C1. The van der Waals surface area contributed by atoms with Gasteiger partial charge >= 0.3 is 0 Å². The molecule has 1 aliphatic rings. The summed E-state index contributed by atoms with van der Waals surface area (Å²) in [5.41, 5.74) is 2.16. The quantitative estimate of drug-likeness (QED) is 0.536. The lowest BCUT2D eigenvalue weighted by Crippen LogP contribution is -2.39. The van der Waals surface area contributed by atoms with Crippen LogP contribution >= 0.6 is 0 Å². The van der Waals surface area contributed by atoms with Crippen molar-refractivity contribution in [3.63, 3.8) is 0 Å². The number of aryl methyl sites for hydroxylation is 1. The van der Waals surface area contributed by atoms with Crippen molar-refractivity contribution in [3.8, 4) is 0 Å². The zero-order chi connectivity index (χ0) is 18.9. The van der Waals surface area contributed by atoms with Crippen LogP contribution in [0.25, 0.3) is 0 Å². The second-order valence-electron chi connectivity index (χ2n) is 7.72. The number of halogens is 1. The first kappa shape index (κ1) is 20.7. The Balaban J connectivity index is 1.91. The first-order chi connectivity index (χ1) is 12.6. The van der Waals surface area contributed by atoms with Crippen molar-refractivity contribution >= 4 is 12.1 Å². The minimum atomic E-state index is -0.167. The largest absolute Gasteiger partial charge is 0.371 e. The van der Waals surface area contributed by atoms with Crippen molar-refractivity contribution in [2.45, 2.75) is 71.8 Å². The van der Waals surface area contributed by atoms with Gasteiger partial charge in [0.05, 0.1) is 0 Å². The summed E-state index contributed by atoms with van der Waals surface area (Å²) in [6.07, 6.45) is 8.99. The highest BCUT2D eigenvalue weighted by Gasteiger charge is 2.23. The summed E-state index contributed by atoms with van der Waals surface area (Å²) in [7, 11) is 0. The molecule has 0 aromatic heterocycles. The highest BCUT2D eigenvalue weighted by Crippen LogP contribution is 2.28. The van der Waals surface area contributed by atoms with Gasteiger partial charge in [0.15, 0.2) is 0 Å². The van der Waals surface area contributed by atoms with Crippen LogP contribution in [0.3, 0.4) is 0 Å². The van der Waals surface area contributed by atoms with E-state index >= 15 is 0 Å². The molecule has 26 heavy (non-hydrogen) atoms. The van der Waals surface area contributed by atoms with E-state index in [1.165, 1.54) is 19.3 Å². The van der Waals surface area contributed by atoms with Gasteiger partial charge in [-0.3, -0.25) is 4.79 Å².